The van der Waals surface area contributed by atoms with E-state index in [1.807, 2.05) is 24.3 Å². The fourth-order valence-electron chi connectivity index (χ4n) is 8.21. The van der Waals surface area contributed by atoms with Crippen LogP contribution in [-0.4, -0.2) is 24.1 Å². The number of benzene rings is 8. The number of nitrogens with zero attached hydrogens (tertiary/aromatic N) is 5. The highest BCUT2D eigenvalue weighted by molar-refractivity contribution is 6.15. The lowest BCUT2D eigenvalue weighted by atomic mass is 10.0. The van der Waals surface area contributed by atoms with Crippen molar-refractivity contribution in [2.45, 2.75) is 0 Å². The zero-order valence-electron chi connectivity index (χ0n) is 30.3. The summed E-state index contributed by atoms with van der Waals surface area (Å²) in [6, 6.07) is 70.4. The van der Waals surface area contributed by atoms with Crippen LogP contribution in [0.25, 0.3) is 100 Å². The molecule has 0 N–H and O–H groups in total. The minimum atomic E-state index is 0.569. The summed E-state index contributed by atoms with van der Waals surface area (Å²) in [6.45, 7) is 0. The molecule has 8 aromatic carbocycles. The Morgan fingerprint density at radius 2 is 0.786 bits per heavy atom. The monoisotopic (exact) mass is 715 g/mol. The lowest BCUT2D eigenvalue weighted by Crippen LogP contribution is -2.07. The second-order valence-electron chi connectivity index (χ2n) is 14.1. The first-order valence-corrected chi connectivity index (χ1v) is 18.9. The SMILES string of the molecule is c1ccc(-c2ccc(-c3nc(-c4ccccc4)nc(-n4c5ccccc5c5cccc(-c6ccc7c8ccccc8n(-c8ccccc8)c7c6)c54)n3)cc2)cc1. The van der Waals surface area contributed by atoms with Crippen molar-refractivity contribution >= 4 is 43.6 Å². The minimum absolute atomic E-state index is 0.569. The van der Waals surface area contributed by atoms with E-state index in [1.54, 1.807) is 0 Å². The van der Waals surface area contributed by atoms with E-state index >= 15 is 0 Å². The Bertz CT molecular complexity index is 3220. The molecule has 0 fully saturated rings. The van der Waals surface area contributed by atoms with E-state index in [-0.39, 0.29) is 0 Å². The smallest absolute Gasteiger partial charge is 0.238 e. The summed E-state index contributed by atoms with van der Waals surface area (Å²) in [5, 5.41) is 4.72. The Balaban J connectivity index is 1.16. The van der Waals surface area contributed by atoms with E-state index in [0.29, 0.717) is 17.6 Å². The third kappa shape index (κ3) is 5.21. The van der Waals surface area contributed by atoms with E-state index in [1.165, 1.54) is 21.9 Å². The van der Waals surface area contributed by atoms with E-state index < -0.39 is 0 Å². The number of para-hydroxylation sites is 4. The van der Waals surface area contributed by atoms with Gasteiger partial charge in [-0.3, -0.25) is 4.57 Å². The largest absolute Gasteiger partial charge is 0.309 e. The molecule has 262 valence electrons. The number of aromatic nitrogens is 5. The second kappa shape index (κ2) is 13.0. The van der Waals surface area contributed by atoms with Gasteiger partial charge in [0.15, 0.2) is 11.6 Å². The average Bonchev–Trinajstić information content (AvgIpc) is 3.80. The molecule has 0 bridgehead atoms. The molecule has 0 amide bonds. The lowest BCUT2D eigenvalue weighted by Gasteiger charge is -2.14. The van der Waals surface area contributed by atoms with Crippen LogP contribution in [-0.2, 0) is 0 Å². The van der Waals surface area contributed by atoms with Crippen LogP contribution >= 0.6 is 0 Å². The van der Waals surface area contributed by atoms with Gasteiger partial charge in [-0.15, -0.1) is 0 Å². The van der Waals surface area contributed by atoms with Crippen LogP contribution in [0.4, 0.5) is 0 Å². The van der Waals surface area contributed by atoms with E-state index in [4.69, 9.17) is 15.0 Å². The van der Waals surface area contributed by atoms with Gasteiger partial charge in [0, 0.05) is 43.9 Å². The Kier molecular flexibility index (Phi) is 7.42. The Morgan fingerprint density at radius 3 is 1.48 bits per heavy atom. The molecule has 5 nitrogen and oxygen atoms in total. The summed E-state index contributed by atoms with van der Waals surface area (Å²) in [7, 11) is 0. The van der Waals surface area contributed by atoms with E-state index in [9.17, 15) is 0 Å². The first-order chi connectivity index (χ1) is 27.8. The van der Waals surface area contributed by atoms with Gasteiger partial charge < -0.3 is 4.57 Å². The van der Waals surface area contributed by atoms with Crippen molar-refractivity contribution in [3.05, 3.63) is 200 Å². The topological polar surface area (TPSA) is 48.5 Å². The molecule has 56 heavy (non-hydrogen) atoms. The second-order valence-corrected chi connectivity index (χ2v) is 14.1. The molecule has 11 aromatic rings. The fourth-order valence-corrected chi connectivity index (χ4v) is 8.21. The Labute approximate surface area is 323 Å². The molecule has 11 rings (SSSR count). The number of rotatable bonds is 6. The Hall–Kier alpha value is -7.63. The van der Waals surface area contributed by atoms with Gasteiger partial charge in [-0.1, -0.05) is 170 Å². The highest BCUT2D eigenvalue weighted by Crippen LogP contribution is 2.40. The molecular weight excluding hydrogens is 683 g/mol. The summed E-state index contributed by atoms with van der Waals surface area (Å²) >= 11 is 0. The third-order valence-electron chi connectivity index (χ3n) is 10.8. The molecule has 3 aromatic heterocycles. The molecule has 0 radical (unpaired) electrons. The van der Waals surface area contributed by atoms with Gasteiger partial charge in [0.1, 0.15) is 0 Å². The first kappa shape index (κ1) is 31.9. The van der Waals surface area contributed by atoms with Crippen LogP contribution in [0.5, 0.6) is 0 Å². The summed E-state index contributed by atoms with van der Waals surface area (Å²) < 4.78 is 4.60. The maximum Gasteiger partial charge on any atom is 0.238 e. The minimum Gasteiger partial charge on any atom is -0.309 e. The maximum atomic E-state index is 5.28. The van der Waals surface area contributed by atoms with Gasteiger partial charge in [-0.2, -0.15) is 9.97 Å². The quantitative estimate of drug-likeness (QED) is 0.172. The van der Waals surface area contributed by atoms with Gasteiger partial charge in [0.25, 0.3) is 0 Å². The molecule has 5 heteroatoms. The predicted octanol–water partition coefficient (Wildman–Crippen LogP) is 12.7. The first-order valence-electron chi connectivity index (χ1n) is 18.9. The van der Waals surface area contributed by atoms with Gasteiger partial charge in [-0.05, 0) is 47.0 Å². The van der Waals surface area contributed by atoms with Crippen LogP contribution in [0, 0.1) is 0 Å². The fraction of sp³-hybridized carbons (Fsp3) is 0. The Morgan fingerprint density at radius 1 is 0.304 bits per heavy atom. The van der Waals surface area contributed by atoms with Crippen LogP contribution in [0.1, 0.15) is 0 Å². The molecule has 0 saturated carbocycles. The van der Waals surface area contributed by atoms with Gasteiger partial charge in [0.2, 0.25) is 5.95 Å². The zero-order valence-corrected chi connectivity index (χ0v) is 30.3. The molecule has 0 spiro atoms. The number of hydrogen-bond donors (Lipinski definition) is 0. The van der Waals surface area contributed by atoms with Gasteiger partial charge in [0.05, 0.1) is 22.1 Å². The van der Waals surface area contributed by atoms with Crippen molar-refractivity contribution < 1.29 is 0 Å². The summed E-state index contributed by atoms with van der Waals surface area (Å²) in [5.74, 6) is 1.81. The molecule has 0 aliphatic heterocycles. The highest BCUT2D eigenvalue weighted by Gasteiger charge is 2.21. The third-order valence-corrected chi connectivity index (χ3v) is 10.8. The number of hydrogen-bond acceptors (Lipinski definition) is 3. The average molecular weight is 716 g/mol. The van der Waals surface area contributed by atoms with Crippen molar-refractivity contribution in [3.8, 4) is 56.7 Å². The molecule has 0 aliphatic carbocycles. The van der Waals surface area contributed by atoms with Crippen LogP contribution in [0.15, 0.2) is 200 Å². The highest BCUT2D eigenvalue weighted by atomic mass is 15.2. The van der Waals surface area contributed by atoms with E-state index in [0.717, 1.165) is 60.8 Å². The predicted molar refractivity (Wildman–Crippen MR) is 230 cm³/mol. The molecule has 0 atom stereocenters. The van der Waals surface area contributed by atoms with Crippen molar-refractivity contribution in [2.75, 3.05) is 0 Å². The van der Waals surface area contributed by atoms with Crippen LogP contribution in [0.2, 0.25) is 0 Å². The molecular formula is C51H33N5. The van der Waals surface area contributed by atoms with Crippen molar-refractivity contribution in [1.29, 1.82) is 0 Å². The van der Waals surface area contributed by atoms with Crippen molar-refractivity contribution in [2.24, 2.45) is 0 Å². The van der Waals surface area contributed by atoms with Crippen LogP contribution < -0.4 is 0 Å². The summed E-state index contributed by atoms with van der Waals surface area (Å²) in [5.41, 5.74) is 11.9. The molecule has 0 unspecified atom stereocenters. The summed E-state index contributed by atoms with van der Waals surface area (Å²) in [4.78, 5) is 15.6. The standard InChI is InChI=1S/C51H33N5/c1-4-15-34(16-5-1)35-27-29-37(30-28-35)50-52-49(36-17-6-2-7-18-36)53-51(54-50)56-46-26-13-11-22-42(46)44-24-14-23-40(48(44)56)38-31-32-43-41-21-10-12-25-45(41)55(47(43)33-38)39-19-8-3-9-20-39/h1-33H. The van der Waals surface area contributed by atoms with Gasteiger partial charge >= 0.3 is 0 Å². The molecule has 0 aliphatic rings. The molecule has 3 heterocycles. The lowest BCUT2D eigenvalue weighted by molar-refractivity contribution is 0.954. The van der Waals surface area contributed by atoms with Crippen molar-refractivity contribution in [1.82, 2.24) is 24.1 Å². The normalized spacial score (nSPS) is 11.6. The number of fused-ring (bicyclic) bond motifs is 6. The van der Waals surface area contributed by atoms with Crippen molar-refractivity contribution in [3.63, 3.8) is 0 Å². The van der Waals surface area contributed by atoms with E-state index in [2.05, 4.69) is 185 Å². The summed E-state index contributed by atoms with van der Waals surface area (Å²) in [6.07, 6.45) is 0. The maximum absolute atomic E-state index is 5.28. The van der Waals surface area contributed by atoms with Crippen LogP contribution in [0.3, 0.4) is 0 Å². The zero-order chi connectivity index (χ0) is 37.0. The van der Waals surface area contributed by atoms with Gasteiger partial charge in [-0.25, -0.2) is 4.98 Å². The molecule has 0 saturated heterocycles.